The van der Waals surface area contributed by atoms with Gasteiger partial charge in [0.05, 0.1) is 23.8 Å². The van der Waals surface area contributed by atoms with Crippen LogP contribution in [-0.4, -0.2) is 33.8 Å². The number of ether oxygens (including phenoxy) is 1. The number of pyridine rings is 1. The molecule has 28 heavy (non-hydrogen) atoms. The van der Waals surface area contributed by atoms with Crippen LogP contribution in [0.5, 0.6) is 0 Å². The number of nitrogens with one attached hydrogen (secondary N) is 1. The molecule has 1 atom stereocenters. The van der Waals surface area contributed by atoms with E-state index < -0.39 is 12.0 Å². The molecule has 2 aromatic heterocycles. The third-order valence-corrected chi connectivity index (χ3v) is 5.07. The SMILES string of the molecule is COC(=O)[C@H](NC(=O)c1cc(C2CC2)nc2c1c(C)nn2C)c1ccccc1. The van der Waals surface area contributed by atoms with Crippen molar-refractivity contribution in [1.82, 2.24) is 20.1 Å². The minimum absolute atomic E-state index is 0.343. The highest BCUT2D eigenvalue weighted by atomic mass is 16.5. The van der Waals surface area contributed by atoms with E-state index in [-0.39, 0.29) is 5.91 Å². The summed E-state index contributed by atoms with van der Waals surface area (Å²) in [7, 11) is 3.13. The van der Waals surface area contributed by atoms with Gasteiger partial charge in [0, 0.05) is 18.7 Å². The van der Waals surface area contributed by atoms with Gasteiger partial charge < -0.3 is 10.1 Å². The second-order valence-electron chi connectivity index (χ2n) is 7.12. The molecule has 1 fully saturated rings. The lowest BCUT2D eigenvalue weighted by Crippen LogP contribution is -2.34. The number of hydrogen-bond donors (Lipinski definition) is 1. The van der Waals surface area contributed by atoms with Gasteiger partial charge in [0.1, 0.15) is 0 Å². The Morgan fingerprint density at radius 3 is 2.61 bits per heavy atom. The van der Waals surface area contributed by atoms with E-state index in [9.17, 15) is 9.59 Å². The molecular formula is C21H22N4O3. The molecule has 4 rings (SSSR count). The molecule has 2 heterocycles. The molecule has 0 spiro atoms. The number of methoxy groups -OCH3 is 1. The summed E-state index contributed by atoms with van der Waals surface area (Å²) in [6, 6.07) is 10.0. The van der Waals surface area contributed by atoms with Gasteiger partial charge in [-0.1, -0.05) is 30.3 Å². The average Bonchev–Trinajstić information content (AvgIpc) is 3.52. The van der Waals surface area contributed by atoms with Gasteiger partial charge in [-0.15, -0.1) is 0 Å². The molecular weight excluding hydrogens is 356 g/mol. The standard InChI is InChI=1S/C21H22N4O3/c1-12-17-15(11-16(13-9-10-13)22-19(17)25(2)24-12)20(26)23-18(21(27)28-3)14-7-5-4-6-8-14/h4-8,11,13,18H,9-10H2,1-3H3,(H,23,26)/t18-/m1/s1. The quantitative estimate of drug-likeness (QED) is 0.690. The Morgan fingerprint density at radius 2 is 1.96 bits per heavy atom. The van der Waals surface area contributed by atoms with Crippen molar-refractivity contribution in [3.63, 3.8) is 0 Å². The Balaban J connectivity index is 1.76. The smallest absolute Gasteiger partial charge is 0.333 e. The highest BCUT2D eigenvalue weighted by Gasteiger charge is 2.30. The molecule has 144 valence electrons. The summed E-state index contributed by atoms with van der Waals surface area (Å²) in [5.74, 6) is -0.475. The van der Waals surface area contributed by atoms with E-state index >= 15 is 0 Å². The zero-order valence-corrected chi connectivity index (χ0v) is 16.1. The lowest BCUT2D eigenvalue weighted by Gasteiger charge is -2.17. The maximum Gasteiger partial charge on any atom is 0.333 e. The topological polar surface area (TPSA) is 86.1 Å². The number of carbonyl (C=O) groups is 2. The molecule has 1 aliphatic rings. The van der Waals surface area contributed by atoms with Crippen LogP contribution >= 0.6 is 0 Å². The summed E-state index contributed by atoms with van der Waals surface area (Å²) in [5, 5.41) is 7.97. The molecule has 1 N–H and O–H groups in total. The number of amides is 1. The first-order valence-corrected chi connectivity index (χ1v) is 9.27. The van der Waals surface area contributed by atoms with Crippen LogP contribution in [0, 0.1) is 6.92 Å². The number of rotatable bonds is 5. The third kappa shape index (κ3) is 3.24. The fourth-order valence-corrected chi connectivity index (χ4v) is 3.48. The van der Waals surface area contributed by atoms with Gasteiger partial charge in [-0.2, -0.15) is 5.10 Å². The van der Waals surface area contributed by atoms with Crippen LogP contribution in [0.25, 0.3) is 11.0 Å². The molecule has 7 heteroatoms. The van der Waals surface area contributed by atoms with Gasteiger partial charge in [0.15, 0.2) is 11.7 Å². The first-order valence-electron chi connectivity index (χ1n) is 9.27. The van der Waals surface area contributed by atoms with Crippen molar-refractivity contribution < 1.29 is 14.3 Å². The highest BCUT2D eigenvalue weighted by Crippen LogP contribution is 2.40. The van der Waals surface area contributed by atoms with Crippen molar-refractivity contribution in [2.24, 2.45) is 7.05 Å². The number of esters is 1. The van der Waals surface area contributed by atoms with Gasteiger partial charge >= 0.3 is 5.97 Å². The van der Waals surface area contributed by atoms with Gasteiger partial charge in [-0.05, 0) is 31.4 Å². The second kappa shape index (κ2) is 7.07. The predicted molar refractivity (Wildman–Crippen MR) is 104 cm³/mol. The fourth-order valence-electron chi connectivity index (χ4n) is 3.48. The summed E-state index contributed by atoms with van der Waals surface area (Å²) in [5.41, 5.74) is 3.46. The summed E-state index contributed by atoms with van der Waals surface area (Å²) >= 11 is 0. The monoisotopic (exact) mass is 378 g/mol. The summed E-state index contributed by atoms with van der Waals surface area (Å²) < 4.78 is 6.61. The maximum absolute atomic E-state index is 13.2. The van der Waals surface area contributed by atoms with Crippen LogP contribution in [0.1, 0.15) is 52.1 Å². The molecule has 3 aromatic rings. The van der Waals surface area contributed by atoms with Crippen LogP contribution in [0.3, 0.4) is 0 Å². The van der Waals surface area contributed by atoms with E-state index in [1.54, 1.807) is 16.8 Å². The molecule has 0 saturated heterocycles. The summed E-state index contributed by atoms with van der Waals surface area (Å²) in [4.78, 5) is 30.3. The van der Waals surface area contributed by atoms with Gasteiger partial charge in [0.25, 0.3) is 5.91 Å². The van der Waals surface area contributed by atoms with Crippen molar-refractivity contribution in [3.05, 3.63) is 58.9 Å². The number of hydrogen-bond acceptors (Lipinski definition) is 5. The van der Waals surface area contributed by atoms with Crippen LogP contribution < -0.4 is 5.32 Å². The maximum atomic E-state index is 13.2. The number of nitrogens with zero attached hydrogens (tertiary/aromatic N) is 3. The Morgan fingerprint density at radius 1 is 1.25 bits per heavy atom. The fraction of sp³-hybridized carbons (Fsp3) is 0.333. The molecule has 7 nitrogen and oxygen atoms in total. The number of fused-ring (bicyclic) bond motifs is 1. The number of aryl methyl sites for hydroxylation is 2. The van der Waals surface area contributed by atoms with Gasteiger partial charge in [0.2, 0.25) is 0 Å². The molecule has 0 radical (unpaired) electrons. The minimum atomic E-state index is -0.886. The molecule has 1 aromatic carbocycles. The number of carbonyl (C=O) groups excluding carboxylic acids is 2. The predicted octanol–water partition coefficient (Wildman–Crippen LogP) is 2.80. The Kier molecular flexibility index (Phi) is 4.58. The van der Waals surface area contributed by atoms with Gasteiger partial charge in [-0.25, -0.2) is 9.78 Å². The summed E-state index contributed by atoms with van der Waals surface area (Å²) in [6.45, 7) is 1.85. The van der Waals surface area contributed by atoms with Crippen molar-refractivity contribution >= 4 is 22.9 Å². The van der Waals surface area contributed by atoms with Crippen molar-refractivity contribution in [2.75, 3.05) is 7.11 Å². The average molecular weight is 378 g/mol. The van der Waals surface area contributed by atoms with Crippen molar-refractivity contribution in [3.8, 4) is 0 Å². The lowest BCUT2D eigenvalue weighted by molar-refractivity contribution is -0.143. The Bertz CT molecular complexity index is 1050. The first kappa shape index (κ1) is 18.2. The van der Waals surface area contributed by atoms with E-state index in [1.807, 2.05) is 38.2 Å². The van der Waals surface area contributed by atoms with E-state index in [0.29, 0.717) is 28.1 Å². The molecule has 1 saturated carbocycles. The van der Waals surface area contributed by atoms with E-state index in [1.165, 1.54) is 7.11 Å². The van der Waals surface area contributed by atoms with E-state index in [2.05, 4.69) is 10.4 Å². The van der Waals surface area contributed by atoms with Gasteiger partial charge in [-0.3, -0.25) is 9.48 Å². The van der Waals surface area contributed by atoms with Crippen molar-refractivity contribution in [1.29, 1.82) is 0 Å². The number of benzene rings is 1. The van der Waals surface area contributed by atoms with E-state index in [0.717, 1.165) is 24.2 Å². The zero-order valence-electron chi connectivity index (χ0n) is 16.1. The number of aromatic nitrogens is 3. The second-order valence-corrected chi connectivity index (χ2v) is 7.12. The molecule has 1 aliphatic carbocycles. The normalized spacial score (nSPS) is 14.7. The third-order valence-electron chi connectivity index (χ3n) is 5.07. The lowest BCUT2D eigenvalue weighted by atomic mass is 10.0. The van der Waals surface area contributed by atoms with Crippen molar-refractivity contribution in [2.45, 2.75) is 31.7 Å². The van der Waals surface area contributed by atoms with E-state index in [4.69, 9.17) is 9.72 Å². The van der Waals surface area contributed by atoms with Crippen LogP contribution in [-0.2, 0) is 16.6 Å². The molecule has 0 aliphatic heterocycles. The highest BCUT2D eigenvalue weighted by molar-refractivity contribution is 6.07. The largest absolute Gasteiger partial charge is 0.467 e. The molecule has 0 bridgehead atoms. The Hall–Kier alpha value is -3.22. The molecule has 0 unspecified atom stereocenters. The Labute approximate surface area is 162 Å². The van der Waals surface area contributed by atoms with Crippen LogP contribution in [0.2, 0.25) is 0 Å². The minimum Gasteiger partial charge on any atom is -0.467 e. The zero-order chi connectivity index (χ0) is 19.8. The first-order chi connectivity index (χ1) is 13.5. The molecule has 1 amide bonds. The van der Waals surface area contributed by atoms with Crippen LogP contribution in [0.4, 0.5) is 0 Å². The van der Waals surface area contributed by atoms with Crippen LogP contribution in [0.15, 0.2) is 36.4 Å². The summed E-state index contributed by atoms with van der Waals surface area (Å²) in [6.07, 6.45) is 2.15.